The van der Waals surface area contributed by atoms with E-state index in [4.69, 9.17) is 4.74 Å². The average molecular weight is 375 g/mol. The Kier molecular flexibility index (Phi) is 6.01. The second-order valence-corrected chi connectivity index (χ2v) is 6.32. The number of amides is 2. The van der Waals surface area contributed by atoms with Crippen LogP contribution in [0.1, 0.15) is 22.8 Å². The van der Waals surface area contributed by atoms with Crippen LogP contribution in [0.3, 0.4) is 0 Å². The molecule has 0 radical (unpaired) electrons. The fourth-order valence-corrected chi connectivity index (χ4v) is 2.53. The number of benzene rings is 2. The van der Waals surface area contributed by atoms with Crippen LogP contribution < -0.4 is 15.4 Å². The molecule has 3 rings (SSSR count). The number of ether oxygens (including phenoxy) is 1. The van der Waals surface area contributed by atoms with Gasteiger partial charge in [-0.2, -0.15) is 0 Å². The summed E-state index contributed by atoms with van der Waals surface area (Å²) in [7, 11) is 0. The smallest absolute Gasteiger partial charge is 0.265 e. The van der Waals surface area contributed by atoms with E-state index in [9.17, 15) is 9.59 Å². The lowest BCUT2D eigenvalue weighted by molar-refractivity contribution is -0.122. The molecular formula is C22H21N3O3. The Hall–Kier alpha value is -3.67. The van der Waals surface area contributed by atoms with E-state index in [-0.39, 0.29) is 11.8 Å². The Morgan fingerprint density at radius 3 is 2.50 bits per heavy atom. The van der Waals surface area contributed by atoms with Crippen LogP contribution in [-0.4, -0.2) is 22.9 Å². The highest BCUT2D eigenvalue weighted by molar-refractivity contribution is 6.05. The Bertz CT molecular complexity index is 974. The Labute approximate surface area is 163 Å². The minimum atomic E-state index is -0.684. The zero-order valence-corrected chi connectivity index (χ0v) is 15.7. The topological polar surface area (TPSA) is 80.3 Å². The predicted octanol–water partition coefficient (Wildman–Crippen LogP) is 4.05. The van der Waals surface area contributed by atoms with Crippen molar-refractivity contribution in [1.82, 2.24) is 4.98 Å². The molecule has 6 heteroatoms. The van der Waals surface area contributed by atoms with Gasteiger partial charge in [0.1, 0.15) is 11.6 Å². The summed E-state index contributed by atoms with van der Waals surface area (Å²) in [6, 6.07) is 19.5. The third-order valence-electron chi connectivity index (χ3n) is 3.97. The van der Waals surface area contributed by atoms with Crippen molar-refractivity contribution in [3.8, 4) is 5.75 Å². The van der Waals surface area contributed by atoms with E-state index in [1.54, 1.807) is 55.6 Å². The van der Waals surface area contributed by atoms with Gasteiger partial charge in [0.25, 0.3) is 11.8 Å². The van der Waals surface area contributed by atoms with E-state index >= 15 is 0 Å². The normalized spacial score (nSPS) is 11.4. The first-order valence-corrected chi connectivity index (χ1v) is 8.88. The quantitative estimate of drug-likeness (QED) is 0.681. The van der Waals surface area contributed by atoms with Crippen LogP contribution in [0, 0.1) is 6.92 Å². The van der Waals surface area contributed by atoms with Gasteiger partial charge in [-0.3, -0.25) is 9.59 Å². The molecule has 142 valence electrons. The highest BCUT2D eigenvalue weighted by Gasteiger charge is 2.16. The van der Waals surface area contributed by atoms with Crippen molar-refractivity contribution in [3.63, 3.8) is 0 Å². The van der Waals surface area contributed by atoms with Gasteiger partial charge < -0.3 is 15.4 Å². The van der Waals surface area contributed by atoms with E-state index < -0.39 is 6.10 Å². The van der Waals surface area contributed by atoms with E-state index in [0.717, 1.165) is 5.56 Å². The zero-order valence-electron chi connectivity index (χ0n) is 15.7. The molecule has 2 N–H and O–H groups in total. The largest absolute Gasteiger partial charge is 0.481 e. The van der Waals surface area contributed by atoms with Gasteiger partial charge >= 0.3 is 0 Å². The summed E-state index contributed by atoms with van der Waals surface area (Å²) in [4.78, 5) is 29.0. The lowest BCUT2D eigenvalue weighted by Gasteiger charge is -2.15. The summed E-state index contributed by atoms with van der Waals surface area (Å²) in [5.74, 6) is 0.484. The van der Waals surface area contributed by atoms with Gasteiger partial charge in [-0.25, -0.2) is 4.98 Å². The number of pyridine rings is 1. The van der Waals surface area contributed by atoms with Gasteiger partial charge in [-0.15, -0.1) is 0 Å². The molecule has 1 atom stereocenters. The fraction of sp³-hybridized carbons (Fsp3) is 0.136. The molecule has 0 fully saturated rings. The number of aromatic nitrogens is 1. The SMILES string of the molecule is Cc1ccnc(NC(=O)c2cccc(NC(=O)C(C)Oc3ccccc3)c2)c1. The van der Waals surface area contributed by atoms with Gasteiger partial charge in [0.05, 0.1) is 0 Å². The van der Waals surface area contributed by atoms with Gasteiger partial charge in [-0.05, 0) is 61.9 Å². The molecular weight excluding hydrogens is 354 g/mol. The van der Waals surface area contributed by atoms with Crippen LogP contribution in [0.5, 0.6) is 5.75 Å². The standard InChI is InChI=1S/C22H21N3O3/c1-15-11-12-23-20(13-15)25-22(27)17-7-6-8-18(14-17)24-21(26)16(2)28-19-9-4-3-5-10-19/h3-14,16H,1-2H3,(H,24,26)(H,23,25,27). The maximum absolute atomic E-state index is 12.4. The highest BCUT2D eigenvalue weighted by atomic mass is 16.5. The third kappa shape index (κ3) is 5.17. The minimum Gasteiger partial charge on any atom is -0.481 e. The van der Waals surface area contributed by atoms with Crippen LogP contribution in [0.2, 0.25) is 0 Å². The second-order valence-electron chi connectivity index (χ2n) is 6.32. The summed E-state index contributed by atoms with van der Waals surface area (Å²) in [5.41, 5.74) is 1.93. The van der Waals surface area contributed by atoms with Crippen LogP contribution in [0.15, 0.2) is 72.9 Å². The van der Waals surface area contributed by atoms with Gasteiger partial charge in [-0.1, -0.05) is 24.3 Å². The number of nitrogens with zero attached hydrogens (tertiary/aromatic N) is 1. The molecule has 0 saturated heterocycles. The summed E-state index contributed by atoms with van der Waals surface area (Å²) in [5, 5.41) is 5.52. The first-order chi connectivity index (χ1) is 13.5. The number of hydrogen-bond acceptors (Lipinski definition) is 4. The van der Waals surface area contributed by atoms with E-state index in [0.29, 0.717) is 22.8 Å². The molecule has 1 heterocycles. The monoisotopic (exact) mass is 375 g/mol. The summed E-state index contributed by atoms with van der Waals surface area (Å²) in [6.45, 7) is 3.59. The second kappa shape index (κ2) is 8.81. The number of rotatable bonds is 6. The van der Waals surface area contributed by atoms with Crippen molar-refractivity contribution in [2.45, 2.75) is 20.0 Å². The number of nitrogens with one attached hydrogen (secondary N) is 2. The molecule has 1 unspecified atom stereocenters. The molecule has 0 aliphatic heterocycles. The number of para-hydroxylation sites is 1. The van der Waals surface area contributed by atoms with Crippen molar-refractivity contribution >= 4 is 23.3 Å². The Morgan fingerprint density at radius 1 is 0.964 bits per heavy atom. The summed E-state index contributed by atoms with van der Waals surface area (Å²) in [6.07, 6.45) is 0.951. The number of carbonyl (C=O) groups is 2. The molecule has 0 saturated carbocycles. The Balaban J connectivity index is 1.64. The highest BCUT2D eigenvalue weighted by Crippen LogP contribution is 2.15. The molecule has 0 spiro atoms. The van der Waals surface area contributed by atoms with Crippen LogP contribution in [-0.2, 0) is 4.79 Å². The van der Waals surface area contributed by atoms with E-state index in [1.165, 1.54) is 0 Å². The minimum absolute atomic E-state index is 0.303. The molecule has 2 aromatic carbocycles. The fourth-order valence-electron chi connectivity index (χ4n) is 2.53. The molecule has 1 aromatic heterocycles. The summed E-state index contributed by atoms with van der Waals surface area (Å²) < 4.78 is 5.62. The number of hydrogen-bond donors (Lipinski definition) is 2. The van der Waals surface area contributed by atoms with Crippen LogP contribution >= 0.6 is 0 Å². The van der Waals surface area contributed by atoms with Crippen molar-refractivity contribution in [2.75, 3.05) is 10.6 Å². The molecule has 2 amide bonds. The molecule has 0 bridgehead atoms. The first kappa shape index (κ1) is 19.1. The lowest BCUT2D eigenvalue weighted by atomic mass is 10.2. The van der Waals surface area contributed by atoms with Crippen molar-refractivity contribution in [3.05, 3.63) is 84.1 Å². The van der Waals surface area contributed by atoms with E-state index in [2.05, 4.69) is 15.6 Å². The molecule has 28 heavy (non-hydrogen) atoms. The van der Waals surface area contributed by atoms with Gasteiger partial charge in [0.2, 0.25) is 0 Å². The molecule has 0 aliphatic carbocycles. The van der Waals surface area contributed by atoms with Crippen molar-refractivity contribution < 1.29 is 14.3 Å². The zero-order chi connectivity index (χ0) is 19.9. The summed E-state index contributed by atoms with van der Waals surface area (Å²) >= 11 is 0. The molecule has 6 nitrogen and oxygen atoms in total. The molecule has 0 aliphatic rings. The van der Waals surface area contributed by atoms with Gasteiger partial charge in [0, 0.05) is 17.4 Å². The maximum atomic E-state index is 12.4. The Morgan fingerprint density at radius 2 is 1.75 bits per heavy atom. The first-order valence-electron chi connectivity index (χ1n) is 8.88. The maximum Gasteiger partial charge on any atom is 0.265 e. The van der Waals surface area contributed by atoms with E-state index in [1.807, 2.05) is 31.2 Å². The average Bonchev–Trinajstić information content (AvgIpc) is 2.69. The number of carbonyl (C=O) groups excluding carboxylic acids is 2. The third-order valence-corrected chi connectivity index (χ3v) is 3.97. The lowest BCUT2D eigenvalue weighted by Crippen LogP contribution is -2.30. The van der Waals surface area contributed by atoms with Crippen LogP contribution in [0.4, 0.5) is 11.5 Å². The van der Waals surface area contributed by atoms with Crippen LogP contribution in [0.25, 0.3) is 0 Å². The van der Waals surface area contributed by atoms with Crippen molar-refractivity contribution in [2.24, 2.45) is 0 Å². The number of aryl methyl sites for hydroxylation is 1. The number of anilines is 2. The van der Waals surface area contributed by atoms with Gasteiger partial charge in [0.15, 0.2) is 6.10 Å². The predicted molar refractivity (Wildman–Crippen MR) is 109 cm³/mol. The van der Waals surface area contributed by atoms with Crippen molar-refractivity contribution in [1.29, 1.82) is 0 Å². The molecule has 3 aromatic rings.